The van der Waals surface area contributed by atoms with E-state index < -0.39 is 35.6 Å². The molecule has 7 nitrogen and oxygen atoms in total. The van der Waals surface area contributed by atoms with Crippen LogP contribution in [0.3, 0.4) is 0 Å². The zero-order valence-electron chi connectivity index (χ0n) is 21.0. The van der Waals surface area contributed by atoms with Gasteiger partial charge in [0.2, 0.25) is 5.78 Å². The molecule has 192 valence electrons. The van der Waals surface area contributed by atoms with Crippen LogP contribution < -0.4 is 5.32 Å². The number of nitrogens with zero attached hydrogens (tertiary/aromatic N) is 1. The largest absolute Gasteiger partial charge is 0.454 e. The van der Waals surface area contributed by atoms with Crippen molar-refractivity contribution in [1.82, 2.24) is 5.32 Å². The van der Waals surface area contributed by atoms with Gasteiger partial charge < -0.3 is 19.3 Å². The van der Waals surface area contributed by atoms with Crippen molar-refractivity contribution in [2.24, 2.45) is 5.92 Å². The Bertz CT molecular complexity index is 1110. The fourth-order valence-corrected chi connectivity index (χ4v) is 5.21. The van der Waals surface area contributed by atoms with Crippen molar-refractivity contribution in [3.8, 4) is 0 Å². The lowest BCUT2D eigenvalue weighted by Crippen LogP contribution is -2.66. The summed E-state index contributed by atoms with van der Waals surface area (Å²) in [5.74, 6) is -1.13. The highest BCUT2D eigenvalue weighted by atomic mass is 19.1. The maximum absolute atomic E-state index is 14.6. The number of fused-ring (bicyclic) bond motifs is 3. The van der Waals surface area contributed by atoms with Gasteiger partial charge in [0.1, 0.15) is 24.5 Å². The molecular weight excluding hydrogens is 463 g/mol. The molecule has 0 spiro atoms. The number of alkyl carbamates (subject to hydrolysis) is 1. The molecule has 3 fully saturated rings. The second kappa shape index (κ2) is 10.4. The predicted octanol–water partition coefficient (Wildman–Crippen LogP) is 4.43. The van der Waals surface area contributed by atoms with Gasteiger partial charge in [-0.15, -0.1) is 0 Å². The van der Waals surface area contributed by atoms with Gasteiger partial charge in [-0.05, 0) is 26.8 Å². The van der Waals surface area contributed by atoms with E-state index in [1.165, 1.54) is 18.2 Å². The first-order valence-corrected chi connectivity index (χ1v) is 12.4. The van der Waals surface area contributed by atoms with Crippen molar-refractivity contribution in [2.75, 3.05) is 26.2 Å². The minimum absolute atomic E-state index is 0.0118. The second-order valence-corrected chi connectivity index (χ2v) is 10.8. The molecule has 0 aliphatic carbocycles. The van der Waals surface area contributed by atoms with Gasteiger partial charge in [0.25, 0.3) is 0 Å². The molecule has 5 rings (SSSR count). The molecule has 1 N–H and O–H groups in total. The summed E-state index contributed by atoms with van der Waals surface area (Å²) in [6.07, 6.45) is 0.421. The highest BCUT2D eigenvalue weighted by Crippen LogP contribution is 2.36. The molecule has 8 heteroatoms. The van der Waals surface area contributed by atoms with E-state index in [9.17, 15) is 18.8 Å². The summed E-state index contributed by atoms with van der Waals surface area (Å²) in [5, 5.41) is 2.49. The molecule has 2 atom stereocenters. The molecule has 3 aliphatic heterocycles. The third-order valence-electron chi connectivity index (χ3n) is 7.00. The van der Waals surface area contributed by atoms with Crippen LogP contribution in [0.2, 0.25) is 0 Å². The number of esters is 1. The number of Topliss-reactive ketones (excluding diaryl/α,β-unsaturated/α-hetero) is 1. The summed E-state index contributed by atoms with van der Waals surface area (Å²) >= 11 is 0. The standard InChI is InChI=1S/C28H33FN2O5/c1-28(2,3)36-27(34)30-25(21-11-7-8-12-22(21)29)26(33)35-24-18-31(15-13-20(24)14-16-31)17-23(32)19-9-5-4-6-10-19/h4-12,20,24-25H,13-18H2,1-3H3/p+1/t20?,24-,25?,31?/m0/s1. The van der Waals surface area contributed by atoms with Gasteiger partial charge in [-0.2, -0.15) is 0 Å². The van der Waals surface area contributed by atoms with Gasteiger partial charge >= 0.3 is 12.1 Å². The van der Waals surface area contributed by atoms with E-state index >= 15 is 0 Å². The number of hydrogen-bond acceptors (Lipinski definition) is 5. The van der Waals surface area contributed by atoms with Gasteiger partial charge in [0, 0.05) is 29.9 Å². The normalized spacial score (nSPS) is 24.0. The number of hydrogen-bond donors (Lipinski definition) is 1. The smallest absolute Gasteiger partial charge is 0.408 e. The minimum atomic E-state index is -1.35. The lowest BCUT2D eigenvalue weighted by molar-refractivity contribution is -0.938. The third-order valence-corrected chi connectivity index (χ3v) is 7.00. The second-order valence-electron chi connectivity index (χ2n) is 10.8. The lowest BCUT2D eigenvalue weighted by atomic mass is 9.82. The molecule has 0 aromatic heterocycles. The van der Waals surface area contributed by atoms with E-state index in [2.05, 4.69) is 5.32 Å². The Morgan fingerprint density at radius 1 is 1.03 bits per heavy atom. The Hall–Kier alpha value is -3.26. The average molecular weight is 498 g/mol. The Morgan fingerprint density at radius 2 is 1.67 bits per heavy atom. The lowest BCUT2D eigenvalue weighted by Gasteiger charge is -2.51. The highest BCUT2D eigenvalue weighted by Gasteiger charge is 2.49. The number of piperidine rings is 3. The van der Waals surface area contributed by atoms with Gasteiger partial charge in [-0.1, -0.05) is 48.5 Å². The number of ketones is 1. The molecule has 36 heavy (non-hydrogen) atoms. The molecule has 3 heterocycles. The summed E-state index contributed by atoms with van der Waals surface area (Å²) < 4.78 is 26.4. The Balaban J connectivity index is 1.49. The number of carbonyl (C=O) groups excluding carboxylic acids is 3. The fraction of sp³-hybridized carbons (Fsp3) is 0.464. The quantitative estimate of drug-likeness (QED) is 0.348. The van der Waals surface area contributed by atoms with E-state index in [-0.39, 0.29) is 17.3 Å². The van der Waals surface area contributed by atoms with Crippen LogP contribution in [0.1, 0.15) is 55.6 Å². The van der Waals surface area contributed by atoms with Crippen LogP contribution in [-0.2, 0) is 14.3 Å². The molecule has 2 aromatic carbocycles. The topological polar surface area (TPSA) is 81.7 Å². The van der Waals surface area contributed by atoms with Gasteiger partial charge in [-0.3, -0.25) is 4.79 Å². The van der Waals surface area contributed by atoms with Crippen molar-refractivity contribution in [3.63, 3.8) is 0 Å². The molecule has 1 unspecified atom stereocenters. The van der Waals surface area contributed by atoms with Crippen molar-refractivity contribution in [1.29, 1.82) is 0 Å². The molecule has 2 aromatic rings. The first-order valence-electron chi connectivity index (χ1n) is 12.4. The van der Waals surface area contributed by atoms with E-state index in [0.29, 0.717) is 23.1 Å². The monoisotopic (exact) mass is 497 g/mol. The number of amides is 1. The fourth-order valence-electron chi connectivity index (χ4n) is 5.21. The Morgan fingerprint density at radius 3 is 2.31 bits per heavy atom. The number of nitrogens with one attached hydrogen (secondary N) is 1. The summed E-state index contributed by atoms with van der Waals surface area (Å²) in [4.78, 5) is 38.8. The average Bonchev–Trinajstić information content (AvgIpc) is 2.83. The predicted molar refractivity (Wildman–Crippen MR) is 132 cm³/mol. The molecular formula is C28H34FN2O5+. The third kappa shape index (κ3) is 6.10. The maximum Gasteiger partial charge on any atom is 0.408 e. The zero-order valence-corrected chi connectivity index (χ0v) is 21.0. The molecule has 0 saturated carbocycles. The maximum atomic E-state index is 14.6. The van der Waals surface area contributed by atoms with Crippen molar-refractivity contribution >= 4 is 17.8 Å². The van der Waals surface area contributed by atoms with Crippen LogP contribution in [0, 0.1) is 11.7 Å². The van der Waals surface area contributed by atoms with E-state index in [0.717, 1.165) is 25.9 Å². The first-order chi connectivity index (χ1) is 17.1. The van der Waals surface area contributed by atoms with Crippen molar-refractivity contribution in [3.05, 3.63) is 71.5 Å². The molecule has 1 amide bonds. The summed E-state index contributed by atoms with van der Waals surface area (Å²) in [7, 11) is 0. The number of benzene rings is 2. The summed E-state index contributed by atoms with van der Waals surface area (Å²) in [5.41, 5.74) is -0.101. The van der Waals surface area contributed by atoms with Gasteiger partial charge in [0.05, 0.1) is 13.1 Å². The molecule has 0 radical (unpaired) electrons. The Labute approximate surface area is 211 Å². The van der Waals surface area contributed by atoms with Crippen LogP contribution in [-0.4, -0.2) is 60.2 Å². The van der Waals surface area contributed by atoms with E-state index in [1.807, 2.05) is 30.3 Å². The number of halogens is 1. The number of quaternary nitrogens is 1. The molecule has 2 bridgehead atoms. The highest BCUT2D eigenvalue weighted by molar-refractivity contribution is 5.97. The first kappa shape index (κ1) is 25.8. The number of carbonyl (C=O) groups is 3. The number of ether oxygens (including phenoxy) is 2. The Kier molecular flexibility index (Phi) is 7.45. The number of rotatable bonds is 7. The van der Waals surface area contributed by atoms with Crippen LogP contribution in [0.4, 0.5) is 9.18 Å². The molecule has 3 saturated heterocycles. The summed E-state index contributed by atoms with van der Waals surface area (Å²) in [6, 6.07) is 13.6. The van der Waals surface area contributed by atoms with Crippen molar-refractivity contribution < 1.29 is 32.7 Å². The van der Waals surface area contributed by atoms with E-state index in [1.54, 1.807) is 26.8 Å². The van der Waals surface area contributed by atoms with Crippen LogP contribution in [0.25, 0.3) is 0 Å². The van der Waals surface area contributed by atoms with Crippen LogP contribution in [0.5, 0.6) is 0 Å². The van der Waals surface area contributed by atoms with Crippen LogP contribution in [0.15, 0.2) is 54.6 Å². The minimum Gasteiger partial charge on any atom is -0.454 e. The summed E-state index contributed by atoms with van der Waals surface area (Å²) in [6.45, 7) is 7.68. The zero-order chi connectivity index (χ0) is 25.9. The van der Waals surface area contributed by atoms with Gasteiger partial charge in [0.15, 0.2) is 12.1 Å². The van der Waals surface area contributed by atoms with E-state index in [4.69, 9.17) is 9.47 Å². The molecule has 3 aliphatic rings. The van der Waals surface area contributed by atoms with Gasteiger partial charge in [-0.25, -0.2) is 14.0 Å². The van der Waals surface area contributed by atoms with Crippen molar-refractivity contribution in [2.45, 2.75) is 51.4 Å². The van der Waals surface area contributed by atoms with Crippen LogP contribution >= 0.6 is 0 Å². The SMILES string of the molecule is CC(C)(C)OC(=O)NC(C(=O)O[C@H]1C[N+]2(CC(=O)c3ccccc3)CCC1CC2)c1ccccc1F.